The van der Waals surface area contributed by atoms with Gasteiger partial charge >= 0.3 is 11.9 Å². The van der Waals surface area contributed by atoms with E-state index in [1.807, 2.05) is 6.07 Å². The molecule has 2 aliphatic carbocycles. The first kappa shape index (κ1) is 41.3. The van der Waals surface area contributed by atoms with Gasteiger partial charge in [-0.15, -0.1) is 0 Å². The molecule has 6 nitrogen and oxygen atoms in total. The van der Waals surface area contributed by atoms with Crippen LogP contribution in [-0.4, -0.2) is 35.9 Å². The smallest absolute Gasteiger partial charge is 0.306 e. The number of aryl methyl sites for hydroxylation is 1. The van der Waals surface area contributed by atoms with Gasteiger partial charge in [0.25, 0.3) is 0 Å². The number of hydrogen-bond acceptors (Lipinski definition) is 6. The van der Waals surface area contributed by atoms with Crippen molar-refractivity contribution in [1.29, 1.82) is 0 Å². The third kappa shape index (κ3) is 14.2. The van der Waals surface area contributed by atoms with Crippen LogP contribution in [0.2, 0.25) is 0 Å². The Morgan fingerprint density at radius 2 is 1.41 bits per heavy atom. The Kier molecular flexibility index (Phi) is 19.7. The number of aliphatic hydroxyl groups excluding tert-OH is 1. The summed E-state index contributed by atoms with van der Waals surface area (Å²) >= 11 is 0. The first-order valence-electron chi connectivity index (χ1n) is 20.5. The third-order valence-electron chi connectivity index (χ3n) is 11.9. The quantitative estimate of drug-likeness (QED) is 0.0594. The Balaban J connectivity index is 1.57. The van der Waals surface area contributed by atoms with Crippen LogP contribution in [0.1, 0.15) is 180 Å². The van der Waals surface area contributed by atoms with Crippen LogP contribution in [0.15, 0.2) is 35.2 Å². The van der Waals surface area contributed by atoms with Gasteiger partial charge in [-0.2, -0.15) is 0 Å². The van der Waals surface area contributed by atoms with Crippen LogP contribution in [0.5, 0.6) is 0 Å². The van der Waals surface area contributed by atoms with Gasteiger partial charge in [0.05, 0.1) is 25.2 Å². The van der Waals surface area contributed by atoms with E-state index < -0.39 is 12.2 Å². The van der Waals surface area contributed by atoms with Crippen molar-refractivity contribution in [2.75, 3.05) is 6.61 Å². The summed E-state index contributed by atoms with van der Waals surface area (Å²) in [5.74, 6) is -0.284. The van der Waals surface area contributed by atoms with Gasteiger partial charge in [0, 0.05) is 18.8 Å². The molecular weight excluding hydrogens is 612 g/mol. The van der Waals surface area contributed by atoms with E-state index >= 15 is 0 Å². The zero-order valence-electron chi connectivity index (χ0n) is 31.7. The Labute approximate surface area is 299 Å². The Hall–Kier alpha value is -2.08. The first-order chi connectivity index (χ1) is 23.8. The van der Waals surface area contributed by atoms with Crippen molar-refractivity contribution in [2.45, 2.75) is 193 Å². The number of allylic oxidation sites excluding steroid dienone is 1. The second-order valence-corrected chi connectivity index (χ2v) is 15.8. The van der Waals surface area contributed by atoms with E-state index in [-0.39, 0.29) is 41.7 Å². The minimum Gasteiger partial charge on any atom is -0.472 e. The lowest BCUT2D eigenvalue weighted by molar-refractivity contribution is -0.193. The zero-order chi connectivity index (χ0) is 35.3. The molecule has 0 unspecified atom stereocenters. The van der Waals surface area contributed by atoms with Gasteiger partial charge < -0.3 is 19.0 Å². The largest absolute Gasteiger partial charge is 0.472 e. The molecule has 1 aromatic rings. The number of hydrogen-bond donors (Lipinski definition) is 1. The number of fused-ring (bicyclic) bond motifs is 1. The van der Waals surface area contributed by atoms with Gasteiger partial charge in [0.2, 0.25) is 0 Å². The molecule has 1 N–H and O–H groups in total. The second kappa shape index (κ2) is 23.4. The third-order valence-corrected chi connectivity index (χ3v) is 11.9. The van der Waals surface area contributed by atoms with E-state index in [1.54, 1.807) is 12.5 Å². The van der Waals surface area contributed by atoms with Gasteiger partial charge in [-0.05, 0) is 73.8 Å². The molecule has 0 aromatic carbocycles. The van der Waals surface area contributed by atoms with Crippen molar-refractivity contribution in [3.05, 3.63) is 36.3 Å². The topological polar surface area (TPSA) is 86.0 Å². The van der Waals surface area contributed by atoms with Crippen molar-refractivity contribution in [1.82, 2.24) is 0 Å². The lowest BCUT2D eigenvalue weighted by Crippen LogP contribution is -2.58. The molecule has 2 saturated carbocycles. The number of ether oxygens (including phenoxy) is 2. The van der Waals surface area contributed by atoms with Crippen molar-refractivity contribution in [3.63, 3.8) is 0 Å². The fraction of sp³-hybridized carbons (Fsp3) is 0.814. The predicted octanol–water partition coefficient (Wildman–Crippen LogP) is 11.5. The predicted molar refractivity (Wildman–Crippen MR) is 199 cm³/mol. The van der Waals surface area contributed by atoms with Crippen molar-refractivity contribution < 1.29 is 28.6 Å². The Morgan fingerprint density at radius 1 is 0.857 bits per heavy atom. The molecule has 3 rings (SSSR count). The van der Waals surface area contributed by atoms with Crippen LogP contribution in [0, 0.1) is 23.2 Å². The summed E-state index contributed by atoms with van der Waals surface area (Å²) in [6.07, 6.45) is 28.5. The van der Waals surface area contributed by atoms with Crippen LogP contribution in [0.3, 0.4) is 0 Å². The van der Waals surface area contributed by atoms with Gasteiger partial charge in [-0.25, -0.2) is 0 Å². The summed E-state index contributed by atoms with van der Waals surface area (Å²) in [7, 11) is 0. The average Bonchev–Trinajstić information content (AvgIpc) is 3.60. The number of furan rings is 1. The van der Waals surface area contributed by atoms with Gasteiger partial charge in [0.1, 0.15) is 6.10 Å². The molecule has 0 aliphatic heterocycles. The van der Waals surface area contributed by atoms with Crippen LogP contribution >= 0.6 is 0 Å². The molecule has 49 heavy (non-hydrogen) atoms. The molecule has 0 saturated heterocycles. The standard InChI is InChI=1S/C43H72O6/c1-5-7-9-11-13-15-17-19-21-23-40(45)48-33-36-38-27-25-34(3)37(28-26-35-29-30-47-32-35)43(38,4)31-39(44)42(36)49-41(46)24-22-20-18-16-14-12-10-8-6-2/h29-30,32,36-39,42,44H,3,5-28,31,33H2,1-2,4H3/t36-,37+,38+,39+,42-,43-/m0/s1. The molecule has 0 bridgehead atoms. The van der Waals surface area contributed by atoms with E-state index in [0.717, 1.165) is 64.2 Å². The van der Waals surface area contributed by atoms with Crippen molar-refractivity contribution in [3.8, 4) is 0 Å². The van der Waals surface area contributed by atoms with Gasteiger partial charge in [0.15, 0.2) is 0 Å². The highest BCUT2D eigenvalue weighted by molar-refractivity contribution is 5.70. The number of aliphatic hydroxyl groups is 1. The fourth-order valence-corrected chi connectivity index (χ4v) is 8.94. The summed E-state index contributed by atoms with van der Waals surface area (Å²) < 4.78 is 17.4. The highest BCUT2D eigenvalue weighted by atomic mass is 16.6. The first-order valence-corrected chi connectivity index (χ1v) is 20.5. The molecule has 2 aliphatic rings. The van der Waals surface area contributed by atoms with E-state index in [9.17, 15) is 14.7 Å². The summed E-state index contributed by atoms with van der Waals surface area (Å²) in [4.78, 5) is 26.2. The molecule has 2 fully saturated rings. The molecule has 6 atom stereocenters. The minimum absolute atomic E-state index is 0.154. The van der Waals surface area contributed by atoms with Crippen LogP contribution in [0.25, 0.3) is 0 Å². The van der Waals surface area contributed by atoms with Crippen molar-refractivity contribution >= 4 is 11.9 Å². The molecule has 1 heterocycles. The fourth-order valence-electron chi connectivity index (χ4n) is 8.94. The summed E-state index contributed by atoms with van der Waals surface area (Å²) in [5.41, 5.74) is 2.17. The van der Waals surface area contributed by atoms with Crippen LogP contribution in [-0.2, 0) is 25.5 Å². The Morgan fingerprint density at radius 3 is 1.96 bits per heavy atom. The molecule has 0 radical (unpaired) electrons. The van der Waals surface area contributed by atoms with Gasteiger partial charge in [-0.3, -0.25) is 9.59 Å². The molecule has 0 spiro atoms. The van der Waals surface area contributed by atoms with Gasteiger partial charge in [-0.1, -0.05) is 136 Å². The Bertz CT molecular complexity index is 1050. The van der Waals surface area contributed by atoms with Crippen LogP contribution < -0.4 is 0 Å². The zero-order valence-corrected chi connectivity index (χ0v) is 31.7. The maximum Gasteiger partial charge on any atom is 0.306 e. The lowest BCUT2D eigenvalue weighted by Gasteiger charge is -2.57. The molecule has 6 heteroatoms. The summed E-state index contributed by atoms with van der Waals surface area (Å²) in [6, 6.07) is 2.01. The van der Waals surface area contributed by atoms with Crippen molar-refractivity contribution in [2.24, 2.45) is 23.2 Å². The highest BCUT2D eigenvalue weighted by Crippen LogP contribution is 2.58. The summed E-state index contributed by atoms with van der Waals surface area (Å²) in [6.45, 7) is 11.4. The second-order valence-electron chi connectivity index (χ2n) is 15.8. The van der Waals surface area contributed by atoms with Crippen LogP contribution in [0.4, 0.5) is 0 Å². The lowest BCUT2D eigenvalue weighted by atomic mass is 9.49. The van der Waals surface area contributed by atoms with E-state index in [0.29, 0.717) is 19.3 Å². The monoisotopic (exact) mass is 685 g/mol. The number of carbonyl (C=O) groups is 2. The molecule has 1 aromatic heterocycles. The molecule has 280 valence electrons. The number of carbonyl (C=O) groups excluding carboxylic acids is 2. The SMILES string of the molecule is C=C1CC[C@@H]2[C@H](COC(=O)CCCCCCCCCCC)[C@H](OC(=O)CCCCCCCCCCC)[C@H](O)C[C@@]2(C)[C@@H]1CCc1ccoc1. The number of unbranched alkanes of at least 4 members (excludes halogenated alkanes) is 16. The maximum atomic E-state index is 13.2. The maximum absolute atomic E-state index is 13.2. The number of rotatable bonds is 26. The number of esters is 2. The normalized spacial score (nSPS) is 25.2. The van der Waals surface area contributed by atoms with E-state index in [4.69, 9.17) is 13.9 Å². The summed E-state index contributed by atoms with van der Waals surface area (Å²) in [5, 5.41) is 11.7. The molecule has 0 amide bonds. The van der Waals surface area contributed by atoms with E-state index in [2.05, 4.69) is 27.4 Å². The minimum atomic E-state index is -0.809. The highest BCUT2D eigenvalue weighted by Gasteiger charge is 2.57. The molecular formula is C43H72O6. The van der Waals surface area contributed by atoms with E-state index in [1.165, 1.54) is 88.2 Å². The average molecular weight is 685 g/mol.